The van der Waals surface area contributed by atoms with Crippen molar-refractivity contribution >= 4 is 34.6 Å². The topological polar surface area (TPSA) is 59.5 Å². The number of hydrogen-bond donors (Lipinski definition) is 0. The SMILES string of the molecule is Cc1nc(-c2cccs2)sc1C(=O)OCC(=O)N1CCCCC1. The summed E-state index contributed by atoms with van der Waals surface area (Å²) in [5, 5.41) is 2.79. The minimum atomic E-state index is -0.465. The Morgan fingerprint density at radius 3 is 2.78 bits per heavy atom. The summed E-state index contributed by atoms with van der Waals surface area (Å²) in [6.07, 6.45) is 3.21. The second-order valence-corrected chi connectivity index (χ2v) is 7.38. The zero-order valence-corrected chi connectivity index (χ0v) is 14.5. The molecule has 2 aromatic rings. The molecule has 0 bridgehead atoms. The van der Waals surface area contributed by atoms with Crippen molar-refractivity contribution in [3.05, 3.63) is 28.1 Å². The zero-order valence-electron chi connectivity index (χ0n) is 12.9. The van der Waals surface area contributed by atoms with Crippen molar-refractivity contribution in [1.29, 1.82) is 0 Å². The zero-order chi connectivity index (χ0) is 16.2. The normalized spacial score (nSPS) is 14.7. The molecule has 122 valence electrons. The van der Waals surface area contributed by atoms with Crippen LogP contribution in [0.1, 0.15) is 34.6 Å². The van der Waals surface area contributed by atoms with Gasteiger partial charge in [-0.1, -0.05) is 6.07 Å². The van der Waals surface area contributed by atoms with Gasteiger partial charge in [-0.2, -0.15) is 0 Å². The summed E-state index contributed by atoms with van der Waals surface area (Å²) in [5.41, 5.74) is 0.647. The minimum Gasteiger partial charge on any atom is -0.451 e. The van der Waals surface area contributed by atoms with Gasteiger partial charge in [-0.25, -0.2) is 9.78 Å². The Labute approximate surface area is 142 Å². The van der Waals surface area contributed by atoms with Crippen molar-refractivity contribution in [1.82, 2.24) is 9.88 Å². The third-order valence-electron chi connectivity index (χ3n) is 3.75. The van der Waals surface area contributed by atoms with Crippen molar-refractivity contribution in [2.45, 2.75) is 26.2 Å². The van der Waals surface area contributed by atoms with Gasteiger partial charge in [0.1, 0.15) is 9.88 Å². The molecule has 0 atom stereocenters. The van der Waals surface area contributed by atoms with Crippen molar-refractivity contribution in [2.24, 2.45) is 0 Å². The Hall–Kier alpha value is -1.73. The first-order valence-corrected chi connectivity index (χ1v) is 9.31. The molecule has 0 radical (unpaired) electrons. The molecule has 0 saturated carbocycles. The molecule has 2 aromatic heterocycles. The molecule has 0 unspecified atom stereocenters. The van der Waals surface area contributed by atoms with E-state index in [2.05, 4.69) is 4.98 Å². The van der Waals surface area contributed by atoms with Crippen molar-refractivity contribution in [3.8, 4) is 9.88 Å². The van der Waals surface area contributed by atoms with Crippen LogP contribution >= 0.6 is 22.7 Å². The predicted octanol–water partition coefficient (Wildman–Crippen LogP) is 3.35. The molecule has 1 amide bonds. The number of likely N-dealkylation sites (tertiary alicyclic amines) is 1. The van der Waals surface area contributed by atoms with Crippen molar-refractivity contribution < 1.29 is 14.3 Å². The molecule has 0 N–H and O–H groups in total. The van der Waals surface area contributed by atoms with Crippen LogP contribution in [0.3, 0.4) is 0 Å². The van der Waals surface area contributed by atoms with Crippen LogP contribution < -0.4 is 0 Å². The molecule has 3 heterocycles. The smallest absolute Gasteiger partial charge is 0.350 e. The van der Waals surface area contributed by atoms with E-state index in [1.807, 2.05) is 17.5 Å². The number of esters is 1. The lowest BCUT2D eigenvalue weighted by Gasteiger charge is -2.26. The molecule has 1 saturated heterocycles. The van der Waals surface area contributed by atoms with E-state index >= 15 is 0 Å². The van der Waals surface area contributed by atoms with Crippen LogP contribution in [0.2, 0.25) is 0 Å². The summed E-state index contributed by atoms with van der Waals surface area (Å²) in [6, 6.07) is 3.92. The van der Waals surface area contributed by atoms with E-state index in [0.717, 1.165) is 42.2 Å². The fourth-order valence-corrected chi connectivity index (χ4v) is 4.28. The number of thiazole rings is 1. The number of thiophene rings is 1. The highest BCUT2D eigenvalue weighted by molar-refractivity contribution is 7.22. The van der Waals surface area contributed by atoms with Crippen molar-refractivity contribution in [2.75, 3.05) is 19.7 Å². The third-order valence-corrected chi connectivity index (χ3v) is 5.93. The Morgan fingerprint density at radius 1 is 1.30 bits per heavy atom. The Morgan fingerprint density at radius 2 is 2.09 bits per heavy atom. The number of nitrogens with zero attached hydrogens (tertiary/aromatic N) is 2. The average molecular weight is 350 g/mol. The lowest BCUT2D eigenvalue weighted by atomic mass is 10.1. The van der Waals surface area contributed by atoms with Crippen LogP contribution in [-0.2, 0) is 9.53 Å². The first kappa shape index (κ1) is 16.1. The van der Waals surface area contributed by atoms with Crippen LogP contribution in [0.5, 0.6) is 0 Å². The lowest BCUT2D eigenvalue weighted by Crippen LogP contribution is -2.38. The number of aryl methyl sites for hydroxylation is 1. The quantitative estimate of drug-likeness (QED) is 0.794. The maximum Gasteiger partial charge on any atom is 0.350 e. The fraction of sp³-hybridized carbons (Fsp3) is 0.438. The highest BCUT2D eigenvalue weighted by Crippen LogP contribution is 2.31. The predicted molar refractivity (Wildman–Crippen MR) is 90.9 cm³/mol. The average Bonchev–Trinajstić information content (AvgIpc) is 3.22. The van der Waals surface area contributed by atoms with Gasteiger partial charge >= 0.3 is 5.97 Å². The molecule has 7 heteroatoms. The van der Waals surface area contributed by atoms with Crippen LogP contribution in [0.15, 0.2) is 17.5 Å². The number of rotatable bonds is 4. The van der Waals surface area contributed by atoms with Crippen LogP contribution in [0.4, 0.5) is 0 Å². The summed E-state index contributed by atoms with van der Waals surface area (Å²) >= 11 is 2.89. The van der Waals surface area contributed by atoms with Gasteiger partial charge in [-0.05, 0) is 37.6 Å². The van der Waals surface area contributed by atoms with Gasteiger partial charge in [0.2, 0.25) is 0 Å². The number of ether oxygens (including phenoxy) is 1. The third kappa shape index (κ3) is 3.79. The number of carbonyl (C=O) groups excluding carboxylic acids is 2. The van der Waals surface area contributed by atoms with E-state index < -0.39 is 5.97 Å². The molecule has 1 aliphatic rings. The monoisotopic (exact) mass is 350 g/mol. The van der Waals surface area contributed by atoms with E-state index in [1.54, 1.807) is 23.2 Å². The Balaban J connectivity index is 1.61. The molecular weight excluding hydrogens is 332 g/mol. The summed E-state index contributed by atoms with van der Waals surface area (Å²) < 4.78 is 5.20. The maximum atomic E-state index is 12.2. The number of hydrogen-bond acceptors (Lipinski definition) is 6. The van der Waals surface area contributed by atoms with E-state index in [9.17, 15) is 9.59 Å². The van der Waals surface area contributed by atoms with Gasteiger partial charge in [-0.3, -0.25) is 4.79 Å². The molecule has 3 rings (SSSR count). The number of carbonyl (C=O) groups is 2. The largest absolute Gasteiger partial charge is 0.451 e. The molecule has 1 aliphatic heterocycles. The highest BCUT2D eigenvalue weighted by Gasteiger charge is 2.21. The lowest BCUT2D eigenvalue weighted by molar-refractivity contribution is -0.135. The molecule has 23 heavy (non-hydrogen) atoms. The Kier molecular flexibility index (Phi) is 5.07. The van der Waals surface area contributed by atoms with Gasteiger partial charge in [0, 0.05) is 13.1 Å². The Bertz CT molecular complexity index is 688. The number of aromatic nitrogens is 1. The fourth-order valence-electron chi connectivity index (χ4n) is 2.52. The van der Waals surface area contributed by atoms with Gasteiger partial charge in [0.15, 0.2) is 6.61 Å². The van der Waals surface area contributed by atoms with E-state index in [0.29, 0.717) is 10.6 Å². The second-order valence-electron chi connectivity index (χ2n) is 5.43. The molecule has 0 spiro atoms. The first-order chi connectivity index (χ1) is 11.1. The molecule has 0 aliphatic carbocycles. The van der Waals surface area contributed by atoms with E-state index in [4.69, 9.17) is 4.74 Å². The van der Waals surface area contributed by atoms with Crippen LogP contribution in [0, 0.1) is 6.92 Å². The highest BCUT2D eigenvalue weighted by atomic mass is 32.1. The van der Waals surface area contributed by atoms with E-state index in [1.165, 1.54) is 11.3 Å². The first-order valence-electron chi connectivity index (χ1n) is 7.61. The van der Waals surface area contributed by atoms with E-state index in [-0.39, 0.29) is 12.5 Å². The maximum absolute atomic E-state index is 12.2. The van der Waals surface area contributed by atoms with Crippen LogP contribution in [-0.4, -0.2) is 41.5 Å². The molecule has 0 aromatic carbocycles. The molecule has 5 nitrogen and oxygen atoms in total. The number of piperidine rings is 1. The second kappa shape index (κ2) is 7.23. The molecule has 1 fully saturated rings. The van der Waals surface area contributed by atoms with Gasteiger partial charge < -0.3 is 9.64 Å². The van der Waals surface area contributed by atoms with Gasteiger partial charge in [0.25, 0.3) is 5.91 Å². The van der Waals surface area contributed by atoms with Gasteiger partial charge in [0.05, 0.1) is 10.6 Å². The van der Waals surface area contributed by atoms with Gasteiger partial charge in [-0.15, -0.1) is 22.7 Å². The minimum absolute atomic E-state index is 0.112. The standard InChI is InChI=1S/C16H18N2O3S2/c1-11-14(23-15(17-11)12-6-5-9-22-12)16(20)21-10-13(19)18-7-3-2-4-8-18/h5-6,9H,2-4,7-8,10H2,1H3. The summed E-state index contributed by atoms with van der Waals surface area (Å²) in [7, 11) is 0. The summed E-state index contributed by atoms with van der Waals surface area (Å²) in [6.45, 7) is 3.12. The summed E-state index contributed by atoms with van der Waals surface area (Å²) in [4.78, 5) is 32.0. The molecular formula is C16H18N2O3S2. The van der Waals surface area contributed by atoms with Crippen LogP contribution in [0.25, 0.3) is 9.88 Å². The van der Waals surface area contributed by atoms with Crippen molar-refractivity contribution in [3.63, 3.8) is 0 Å². The number of amides is 1. The summed E-state index contributed by atoms with van der Waals surface area (Å²) in [5.74, 6) is -0.577.